The largest absolute Gasteiger partial charge is 0.382 e. The number of anilines is 1. The molecule has 1 N–H and O–H groups in total. The highest BCUT2D eigenvalue weighted by Crippen LogP contribution is 2.38. The normalized spacial score (nSPS) is 19.9. The van der Waals surface area contributed by atoms with Gasteiger partial charge in [0.1, 0.15) is 5.54 Å². The fraction of sp³-hybridized carbons (Fsp3) is 0.429. The number of rotatable bonds is 7. The molecule has 3 rings (SSSR count). The molecule has 5 nitrogen and oxygen atoms in total. The quantitative estimate of drug-likeness (QED) is 0.777. The van der Waals surface area contributed by atoms with Crippen LogP contribution in [0.2, 0.25) is 0 Å². The van der Waals surface area contributed by atoms with E-state index in [9.17, 15) is 9.59 Å². The van der Waals surface area contributed by atoms with Crippen molar-refractivity contribution in [1.29, 1.82) is 0 Å². The molecule has 1 heterocycles. The van der Waals surface area contributed by atoms with Gasteiger partial charge in [0.2, 0.25) is 11.8 Å². The molecule has 0 saturated carbocycles. The van der Waals surface area contributed by atoms with Crippen molar-refractivity contribution in [2.45, 2.75) is 38.6 Å². The van der Waals surface area contributed by atoms with Gasteiger partial charge < -0.3 is 10.1 Å². The fourth-order valence-electron chi connectivity index (χ4n) is 3.58. The minimum atomic E-state index is -0.868. The van der Waals surface area contributed by atoms with Crippen LogP contribution in [0.15, 0.2) is 42.5 Å². The lowest BCUT2D eigenvalue weighted by molar-refractivity contribution is -0.127. The van der Waals surface area contributed by atoms with Crippen LogP contribution in [0.1, 0.15) is 33.1 Å². The van der Waals surface area contributed by atoms with Crippen LogP contribution in [0.3, 0.4) is 0 Å². The van der Waals surface area contributed by atoms with E-state index in [4.69, 9.17) is 4.74 Å². The molecule has 0 bridgehead atoms. The topological polar surface area (TPSA) is 58.6 Å². The van der Waals surface area contributed by atoms with Crippen molar-refractivity contribution in [3.63, 3.8) is 0 Å². The Morgan fingerprint density at radius 1 is 1.23 bits per heavy atom. The number of hydrogen-bond acceptors (Lipinski definition) is 3. The predicted octanol–water partition coefficient (Wildman–Crippen LogP) is 3.27. The monoisotopic (exact) mass is 354 g/mol. The number of hydrogen-bond donors (Lipinski definition) is 1. The number of nitrogens with one attached hydrogen (secondary N) is 1. The zero-order valence-corrected chi connectivity index (χ0v) is 15.5. The van der Waals surface area contributed by atoms with E-state index >= 15 is 0 Å². The standard InChI is InChI=1S/C21H26N2O3/c1-3-26-15-7-14-22-20(25)21(2)13-12-19(24)23(21)18-11-6-9-16-8-4-5-10-17(16)18/h4-6,8-11H,3,7,12-15H2,1-2H3,(H,22,25). The van der Waals surface area contributed by atoms with Gasteiger partial charge in [0.25, 0.3) is 0 Å². The SMILES string of the molecule is CCOCCCNC(=O)C1(C)CCC(=O)N1c1cccc2ccccc12. The Kier molecular flexibility index (Phi) is 5.57. The zero-order chi connectivity index (χ0) is 18.6. The van der Waals surface area contributed by atoms with Gasteiger partial charge in [-0.25, -0.2) is 0 Å². The third-order valence-electron chi connectivity index (χ3n) is 5.02. The summed E-state index contributed by atoms with van der Waals surface area (Å²) in [6.45, 7) is 5.66. The Balaban J connectivity index is 1.84. The van der Waals surface area contributed by atoms with Crippen molar-refractivity contribution >= 4 is 28.3 Å². The van der Waals surface area contributed by atoms with Gasteiger partial charge in [-0.15, -0.1) is 0 Å². The van der Waals surface area contributed by atoms with Gasteiger partial charge in [-0.1, -0.05) is 36.4 Å². The highest BCUT2D eigenvalue weighted by molar-refractivity contribution is 6.11. The van der Waals surface area contributed by atoms with Crippen LogP contribution >= 0.6 is 0 Å². The zero-order valence-electron chi connectivity index (χ0n) is 15.5. The molecule has 0 aromatic heterocycles. The molecule has 0 spiro atoms. The second-order valence-corrected chi connectivity index (χ2v) is 6.81. The summed E-state index contributed by atoms with van der Waals surface area (Å²) >= 11 is 0. The molecule has 0 radical (unpaired) electrons. The van der Waals surface area contributed by atoms with Crippen molar-refractivity contribution in [2.75, 3.05) is 24.7 Å². The number of nitrogens with zero attached hydrogens (tertiary/aromatic N) is 1. The van der Waals surface area contributed by atoms with E-state index in [1.807, 2.05) is 56.3 Å². The van der Waals surface area contributed by atoms with Crippen molar-refractivity contribution < 1.29 is 14.3 Å². The first-order chi connectivity index (χ1) is 12.6. The van der Waals surface area contributed by atoms with E-state index in [1.54, 1.807) is 4.90 Å². The van der Waals surface area contributed by atoms with E-state index in [-0.39, 0.29) is 11.8 Å². The summed E-state index contributed by atoms with van der Waals surface area (Å²) in [4.78, 5) is 27.3. The summed E-state index contributed by atoms with van der Waals surface area (Å²) in [5.74, 6) is -0.110. The molecule has 2 amide bonds. The van der Waals surface area contributed by atoms with Crippen molar-refractivity contribution in [3.05, 3.63) is 42.5 Å². The molecule has 2 aromatic rings. The van der Waals surface area contributed by atoms with E-state index in [0.29, 0.717) is 32.6 Å². The average Bonchev–Trinajstić information content (AvgIpc) is 2.97. The van der Waals surface area contributed by atoms with Crippen LogP contribution in [0.4, 0.5) is 5.69 Å². The Hall–Kier alpha value is -2.40. The first kappa shape index (κ1) is 18.4. The first-order valence-corrected chi connectivity index (χ1v) is 9.25. The molecule has 1 fully saturated rings. The highest BCUT2D eigenvalue weighted by Gasteiger charge is 2.48. The number of carbonyl (C=O) groups is 2. The van der Waals surface area contributed by atoms with Crippen LogP contribution in [0, 0.1) is 0 Å². The summed E-state index contributed by atoms with van der Waals surface area (Å²) in [6.07, 6.45) is 1.66. The Morgan fingerprint density at radius 2 is 2.00 bits per heavy atom. The molecule has 0 aliphatic carbocycles. The molecular weight excluding hydrogens is 328 g/mol. The number of ether oxygens (including phenoxy) is 1. The van der Waals surface area contributed by atoms with Gasteiger partial charge >= 0.3 is 0 Å². The first-order valence-electron chi connectivity index (χ1n) is 9.25. The number of amides is 2. The van der Waals surface area contributed by atoms with E-state index in [2.05, 4.69) is 5.32 Å². The number of carbonyl (C=O) groups excluding carboxylic acids is 2. The van der Waals surface area contributed by atoms with Crippen LogP contribution in [-0.4, -0.2) is 37.1 Å². The molecule has 1 aliphatic heterocycles. The van der Waals surface area contributed by atoms with Crippen molar-refractivity contribution in [1.82, 2.24) is 5.32 Å². The van der Waals surface area contributed by atoms with Gasteiger partial charge in [0.05, 0.1) is 5.69 Å². The lowest BCUT2D eigenvalue weighted by atomic mass is 9.96. The summed E-state index contributed by atoms with van der Waals surface area (Å²) in [6, 6.07) is 13.8. The lowest BCUT2D eigenvalue weighted by Gasteiger charge is -2.34. The molecular formula is C21H26N2O3. The molecule has 138 valence electrons. The van der Waals surface area contributed by atoms with Crippen LogP contribution < -0.4 is 10.2 Å². The van der Waals surface area contributed by atoms with Gasteiger partial charge in [-0.05, 0) is 38.1 Å². The summed E-state index contributed by atoms with van der Waals surface area (Å²) in [5.41, 5.74) is -0.0649. The third-order valence-corrected chi connectivity index (χ3v) is 5.02. The molecule has 1 atom stereocenters. The summed E-state index contributed by atoms with van der Waals surface area (Å²) < 4.78 is 5.31. The van der Waals surface area contributed by atoms with Gasteiger partial charge in [0.15, 0.2) is 0 Å². The summed E-state index contributed by atoms with van der Waals surface area (Å²) in [7, 11) is 0. The maximum atomic E-state index is 12.9. The second kappa shape index (κ2) is 7.87. The average molecular weight is 354 g/mol. The van der Waals surface area contributed by atoms with Crippen LogP contribution in [0.5, 0.6) is 0 Å². The third kappa shape index (κ3) is 3.44. The maximum Gasteiger partial charge on any atom is 0.246 e. The van der Waals surface area contributed by atoms with Gasteiger partial charge in [-0.3, -0.25) is 14.5 Å². The number of fused-ring (bicyclic) bond motifs is 1. The van der Waals surface area contributed by atoms with E-state index < -0.39 is 5.54 Å². The Labute approximate surface area is 154 Å². The minimum Gasteiger partial charge on any atom is -0.382 e. The van der Waals surface area contributed by atoms with Crippen molar-refractivity contribution in [2.24, 2.45) is 0 Å². The predicted molar refractivity (Wildman–Crippen MR) is 103 cm³/mol. The van der Waals surface area contributed by atoms with Crippen LogP contribution in [-0.2, 0) is 14.3 Å². The molecule has 1 saturated heterocycles. The highest BCUT2D eigenvalue weighted by atomic mass is 16.5. The van der Waals surface area contributed by atoms with Gasteiger partial charge in [-0.2, -0.15) is 0 Å². The van der Waals surface area contributed by atoms with Crippen LogP contribution in [0.25, 0.3) is 10.8 Å². The molecule has 26 heavy (non-hydrogen) atoms. The smallest absolute Gasteiger partial charge is 0.246 e. The molecule has 2 aromatic carbocycles. The van der Waals surface area contributed by atoms with E-state index in [1.165, 1.54) is 0 Å². The Bertz CT molecular complexity index is 799. The summed E-state index contributed by atoms with van der Waals surface area (Å²) in [5, 5.41) is 5.03. The minimum absolute atomic E-state index is 0.00619. The lowest BCUT2D eigenvalue weighted by Crippen LogP contribution is -2.55. The molecule has 1 aliphatic rings. The molecule has 1 unspecified atom stereocenters. The number of benzene rings is 2. The second-order valence-electron chi connectivity index (χ2n) is 6.81. The maximum absolute atomic E-state index is 12.9. The van der Waals surface area contributed by atoms with Crippen molar-refractivity contribution in [3.8, 4) is 0 Å². The fourth-order valence-corrected chi connectivity index (χ4v) is 3.58. The molecule has 5 heteroatoms. The van der Waals surface area contributed by atoms with Gasteiger partial charge in [0, 0.05) is 31.6 Å². The Morgan fingerprint density at radius 3 is 2.81 bits per heavy atom. The van der Waals surface area contributed by atoms with E-state index in [0.717, 1.165) is 22.9 Å².